The summed E-state index contributed by atoms with van der Waals surface area (Å²) in [6.07, 6.45) is 9.06. The topological polar surface area (TPSA) is 152 Å². The van der Waals surface area contributed by atoms with Crippen molar-refractivity contribution in [3.63, 3.8) is 0 Å². The molecule has 0 bridgehead atoms. The third-order valence-electron chi connectivity index (χ3n) is 10.8. The summed E-state index contributed by atoms with van der Waals surface area (Å²) in [4.78, 5) is 43.3. The molecule has 52 heavy (non-hydrogen) atoms. The summed E-state index contributed by atoms with van der Waals surface area (Å²) < 4.78 is 11.2. The summed E-state index contributed by atoms with van der Waals surface area (Å²) in [5, 5.41) is 13.9. The van der Waals surface area contributed by atoms with Gasteiger partial charge >= 0.3 is 0 Å². The molecule has 2 aromatic heterocycles. The number of carbonyl (C=O) groups is 2. The monoisotopic (exact) mass is 742 g/mol. The van der Waals surface area contributed by atoms with Gasteiger partial charge < -0.3 is 30.7 Å². The number of hydrogen-bond acceptors (Lipinski definition) is 10. The van der Waals surface area contributed by atoms with Crippen molar-refractivity contribution in [2.45, 2.75) is 63.7 Å². The fraction of sp³-hybridized carbons (Fsp3) is 0.421. The fourth-order valence-corrected chi connectivity index (χ4v) is 8.20. The minimum Gasteiger partial charge on any atom is -0.480 e. The highest BCUT2D eigenvalue weighted by atomic mass is 35.5. The van der Waals surface area contributed by atoms with Crippen LogP contribution < -0.4 is 30.7 Å². The van der Waals surface area contributed by atoms with Crippen molar-refractivity contribution >= 4 is 35.0 Å². The van der Waals surface area contributed by atoms with E-state index in [1.54, 1.807) is 26.6 Å². The van der Waals surface area contributed by atoms with Gasteiger partial charge in [-0.25, -0.2) is 9.97 Å². The van der Waals surface area contributed by atoms with Gasteiger partial charge in [0.25, 0.3) is 0 Å². The van der Waals surface area contributed by atoms with Gasteiger partial charge in [-0.3, -0.25) is 19.6 Å². The number of hydrogen-bond donors (Lipinski definition) is 4. The summed E-state index contributed by atoms with van der Waals surface area (Å²) >= 11 is 14.2. The number of methoxy groups -OCH3 is 2. The van der Waals surface area contributed by atoms with Crippen LogP contribution in [0.1, 0.15) is 49.9 Å². The Labute approximate surface area is 311 Å². The van der Waals surface area contributed by atoms with Crippen LogP contribution in [-0.2, 0) is 22.7 Å². The van der Waals surface area contributed by atoms with Crippen molar-refractivity contribution < 1.29 is 19.1 Å². The van der Waals surface area contributed by atoms with Crippen LogP contribution in [0.3, 0.4) is 0 Å². The number of nitrogens with zero attached hydrogens (tertiary/aromatic N) is 4. The number of amides is 2. The Morgan fingerprint density at radius 2 is 1.10 bits per heavy atom. The van der Waals surface area contributed by atoms with Gasteiger partial charge in [-0.15, -0.1) is 0 Å². The lowest BCUT2D eigenvalue weighted by molar-refractivity contribution is -0.124. The van der Waals surface area contributed by atoms with Gasteiger partial charge in [0.1, 0.15) is 11.4 Å². The molecule has 4 aliphatic rings. The molecule has 270 valence electrons. The van der Waals surface area contributed by atoms with E-state index < -0.39 is 0 Å². The van der Waals surface area contributed by atoms with Gasteiger partial charge in [0.05, 0.1) is 58.9 Å². The van der Waals surface area contributed by atoms with Gasteiger partial charge in [0.2, 0.25) is 23.6 Å². The van der Waals surface area contributed by atoms with E-state index in [0.717, 1.165) is 49.7 Å². The van der Waals surface area contributed by atoms with Crippen LogP contribution in [0.4, 0.5) is 0 Å². The lowest BCUT2D eigenvalue weighted by Crippen LogP contribution is -2.35. The Bertz CT molecular complexity index is 1910. The average Bonchev–Trinajstić information content (AvgIpc) is 4.06. The molecular weight excluding hydrogens is 703 g/mol. The molecule has 4 aromatic rings. The van der Waals surface area contributed by atoms with Crippen molar-refractivity contribution in [2.24, 2.45) is 10.8 Å². The van der Waals surface area contributed by atoms with Crippen molar-refractivity contribution in [1.29, 1.82) is 0 Å². The zero-order chi connectivity index (χ0) is 36.0. The minimum atomic E-state index is -0.118. The first-order valence-corrected chi connectivity index (χ1v) is 18.4. The van der Waals surface area contributed by atoms with Crippen LogP contribution in [0.15, 0.2) is 48.8 Å². The maximum Gasteiger partial charge on any atom is 0.237 e. The molecule has 4 N–H and O–H groups in total. The SMILES string of the molecule is COc1nc(-c2cccc(-c3cccc(-c4cnc(CNC[C@@H]5CC6(CC6)C(=O)N5)c(OC)n4)c3Cl)c2Cl)cnc1CNC[C@@H]1CC2(CC2)C(=O)N1. The first-order chi connectivity index (χ1) is 25.2. The molecule has 2 atom stereocenters. The second-order valence-corrected chi connectivity index (χ2v) is 15.1. The van der Waals surface area contributed by atoms with E-state index in [1.165, 1.54) is 0 Å². The Morgan fingerprint density at radius 3 is 1.46 bits per heavy atom. The fourth-order valence-electron chi connectivity index (χ4n) is 7.55. The number of nitrogens with one attached hydrogen (secondary N) is 4. The second kappa shape index (κ2) is 13.9. The Morgan fingerprint density at radius 1 is 0.692 bits per heavy atom. The summed E-state index contributed by atoms with van der Waals surface area (Å²) in [6, 6.07) is 11.6. The number of benzene rings is 2. The molecule has 2 saturated carbocycles. The second-order valence-electron chi connectivity index (χ2n) is 14.3. The number of aromatic nitrogens is 4. The van der Waals surface area contributed by atoms with Gasteiger partial charge in [-0.2, -0.15) is 0 Å². The molecule has 2 spiro atoms. The summed E-state index contributed by atoms with van der Waals surface area (Å²) in [5.41, 5.74) is 4.99. The Kier molecular flexibility index (Phi) is 9.27. The van der Waals surface area contributed by atoms with Crippen LogP contribution in [-0.4, -0.2) is 71.1 Å². The molecule has 14 heteroatoms. The normalized spacial score (nSPS) is 20.6. The van der Waals surface area contributed by atoms with E-state index in [-0.39, 0.29) is 34.7 Å². The molecule has 2 saturated heterocycles. The summed E-state index contributed by atoms with van der Waals surface area (Å²) in [7, 11) is 3.13. The van der Waals surface area contributed by atoms with Gasteiger partial charge in [0.15, 0.2) is 0 Å². The molecule has 2 aliphatic carbocycles. The standard InChI is InChI=1S/C38H40Cl2N8O4/c1-51-33-29(17-41-15-21-13-37(9-10-37)35(49)45-21)43-19-27(47-33)25-7-3-5-23(31(25)39)24-6-4-8-26(32(24)40)28-20-44-30(34(48-28)52-2)18-42-16-22-14-38(11-12-38)36(50)46-22/h3-8,19-22,41-42H,9-18H2,1-2H3,(H,45,49)(H,46,50)/t21-,22-/m0/s1. The first kappa shape index (κ1) is 34.7. The van der Waals surface area contributed by atoms with E-state index in [4.69, 9.17) is 42.6 Å². The Hall–Kier alpha value is -4.36. The molecule has 4 fully saturated rings. The third kappa shape index (κ3) is 6.57. The minimum absolute atomic E-state index is 0.115. The highest BCUT2D eigenvalue weighted by Crippen LogP contribution is 2.53. The van der Waals surface area contributed by atoms with Gasteiger partial charge in [-0.05, 0) is 38.5 Å². The molecular formula is C38H40Cl2N8O4. The lowest BCUT2D eigenvalue weighted by Gasteiger charge is -2.16. The molecule has 12 nitrogen and oxygen atoms in total. The van der Waals surface area contributed by atoms with Crippen molar-refractivity contribution in [3.05, 3.63) is 70.2 Å². The molecule has 2 amide bonds. The van der Waals surface area contributed by atoms with E-state index >= 15 is 0 Å². The third-order valence-corrected chi connectivity index (χ3v) is 11.6. The molecule has 2 aliphatic heterocycles. The maximum atomic E-state index is 12.2. The number of ether oxygens (including phenoxy) is 2. The quantitative estimate of drug-likeness (QED) is 0.146. The average molecular weight is 744 g/mol. The molecule has 0 radical (unpaired) electrons. The largest absolute Gasteiger partial charge is 0.480 e. The molecule has 2 aromatic carbocycles. The van der Waals surface area contributed by atoms with E-state index in [9.17, 15) is 9.59 Å². The van der Waals surface area contributed by atoms with Crippen LogP contribution in [0, 0.1) is 10.8 Å². The van der Waals surface area contributed by atoms with Gasteiger partial charge in [0, 0.05) is 60.5 Å². The number of halogens is 2. The van der Waals surface area contributed by atoms with E-state index in [2.05, 4.69) is 31.2 Å². The maximum absolute atomic E-state index is 12.2. The molecule has 8 rings (SSSR count). The first-order valence-electron chi connectivity index (χ1n) is 17.6. The molecule has 4 heterocycles. The summed E-state index contributed by atoms with van der Waals surface area (Å²) in [5.74, 6) is 1.15. The lowest BCUT2D eigenvalue weighted by atomic mass is 9.98. The van der Waals surface area contributed by atoms with Crippen molar-refractivity contribution in [2.75, 3.05) is 27.3 Å². The van der Waals surface area contributed by atoms with Crippen molar-refractivity contribution in [3.8, 4) is 45.4 Å². The van der Waals surface area contributed by atoms with Gasteiger partial charge in [-0.1, -0.05) is 59.6 Å². The summed E-state index contributed by atoms with van der Waals surface area (Å²) in [6.45, 7) is 2.18. The van der Waals surface area contributed by atoms with Crippen LogP contribution in [0.5, 0.6) is 11.8 Å². The number of carbonyl (C=O) groups excluding carboxylic acids is 2. The van der Waals surface area contributed by atoms with E-state index in [1.807, 2.05) is 36.4 Å². The predicted octanol–water partition coefficient (Wildman–Crippen LogP) is 5.11. The Balaban J connectivity index is 0.968. The highest BCUT2D eigenvalue weighted by molar-refractivity contribution is 6.39. The van der Waals surface area contributed by atoms with Crippen molar-refractivity contribution in [1.82, 2.24) is 41.2 Å². The van der Waals surface area contributed by atoms with Crippen LogP contribution in [0.2, 0.25) is 10.0 Å². The highest BCUT2D eigenvalue weighted by Gasteiger charge is 2.56. The smallest absolute Gasteiger partial charge is 0.237 e. The van der Waals surface area contributed by atoms with E-state index in [0.29, 0.717) is 81.9 Å². The zero-order valence-electron chi connectivity index (χ0n) is 29.0. The number of rotatable bonds is 13. The predicted molar refractivity (Wildman–Crippen MR) is 197 cm³/mol. The van der Waals surface area contributed by atoms with Crippen LogP contribution >= 0.6 is 23.2 Å². The van der Waals surface area contributed by atoms with Crippen LogP contribution in [0.25, 0.3) is 33.6 Å². The zero-order valence-corrected chi connectivity index (χ0v) is 30.5. The molecule has 0 unspecified atom stereocenters.